The molecule has 0 unspecified atom stereocenters. The van der Waals surface area contributed by atoms with Crippen molar-refractivity contribution in [2.45, 2.75) is 45.1 Å². The van der Waals surface area contributed by atoms with Crippen LogP contribution in [0.1, 0.15) is 39.3 Å². The number of nitrogens with zero attached hydrogens (tertiary/aromatic N) is 1. The third-order valence-electron chi connectivity index (χ3n) is 3.91. The lowest BCUT2D eigenvalue weighted by Crippen LogP contribution is -2.42. The van der Waals surface area contributed by atoms with Gasteiger partial charge in [-0.2, -0.15) is 0 Å². The maximum atomic E-state index is 11.7. The van der Waals surface area contributed by atoms with Crippen LogP contribution >= 0.6 is 11.3 Å². The second kappa shape index (κ2) is 7.45. The van der Waals surface area contributed by atoms with E-state index in [1.807, 2.05) is 12.1 Å². The van der Waals surface area contributed by atoms with Crippen LogP contribution in [-0.4, -0.2) is 29.6 Å². The Kier molecular flexibility index (Phi) is 5.27. The van der Waals surface area contributed by atoms with Gasteiger partial charge in [0.25, 0.3) is 5.91 Å². The first-order valence-corrected chi connectivity index (χ1v) is 9.49. The molecule has 3 amide bonds. The summed E-state index contributed by atoms with van der Waals surface area (Å²) in [6.45, 7) is 6.21. The van der Waals surface area contributed by atoms with E-state index < -0.39 is 11.9 Å². The minimum atomic E-state index is -0.470. The number of benzene rings is 1. The fourth-order valence-electron chi connectivity index (χ4n) is 2.21. The molecular weight excluding hydrogens is 350 g/mol. The van der Waals surface area contributed by atoms with E-state index in [4.69, 9.17) is 4.74 Å². The highest BCUT2D eigenvalue weighted by molar-refractivity contribution is 7.13. The first-order valence-electron chi connectivity index (χ1n) is 8.61. The molecule has 1 aliphatic rings. The Morgan fingerprint density at radius 2 is 1.92 bits per heavy atom. The number of imide groups is 1. The molecule has 0 aliphatic heterocycles. The summed E-state index contributed by atoms with van der Waals surface area (Å²) < 4.78 is 5.43. The number of carbonyl (C=O) groups excluding carboxylic acids is 2. The number of carbonyl (C=O) groups is 2. The Labute approximate surface area is 157 Å². The number of ether oxygens (including phenoxy) is 1. The molecule has 1 aromatic heterocycles. The summed E-state index contributed by atoms with van der Waals surface area (Å²) in [6, 6.07) is 7.17. The maximum Gasteiger partial charge on any atom is 0.321 e. The van der Waals surface area contributed by atoms with Crippen LogP contribution in [0.3, 0.4) is 0 Å². The summed E-state index contributed by atoms with van der Waals surface area (Å²) in [5, 5.41) is 7.98. The monoisotopic (exact) mass is 373 g/mol. The summed E-state index contributed by atoms with van der Waals surface area (Å²) in [5.41, 5.74) is 2.10. The van der Waals surface area contributed by atoms with Crippen LogP contribution in [-0.2, 0) is 10.2 Å². The number of nitrogens with one attached hydrogen (secondary N) is 2. The van der Waals surface area contributed by atoms with E-state index in [9.17, 15) is 9.59 Å². The van der Waals surface area contributed by atoms with E-state index >= 15 is 0 Å². The molecule has 2 aromatic rings. The van der Waals surface area contributed by atoms with Crippen LogP contribution in [0.25, 0.3) is 10.6 Å². The second-order valence-corrected chi connectivity index (χ2v) is 8.25. The summed E-state index contributed by atoms with van der Waals surface area (Å²) in [4.78, 5) is 27.9. The molecule has 3 rings (SSSR count). The third-order valence-corrected chi connectivity index (χ3v) is 4.80. The smallest absolute Gasteiger partial charge is 0.321 e. The first kappa shape index (κ1) is 18.4. The predicted octanol–water partition coefficient (Wildman–Crippen LogP) is 3.47. The van der Waals surface area contributed by atoms with E-state index in [-0.39, 0.29) is 18.1 Å². The van der Waals surface area contributed by atoms with Crippen molar-refractivity contribution in [1.82, 2.24) is 15.6 Å². The number of amides is 3. The molecule has 0 atom stereocenters. The molecule has 26 heavy (non-hydrogen) atoms. The van der Waals surface area contributed by atoms with Gasteiger partial charge in [0.2, 0.25) is 0 Å². The molecule has 138 valence electrons. The molecule has 6 nitrogen and oxygen atoms in total. The number of aromatic nitrogens is 1. The molecule has 7 heteroatoms. The zero-order valence-electron chi connectivity index (χ0n) is 15.2. The van der Waals surface area contributed by atoms with Crippen molar-refractivity contribution >= 4 is 23.3 Å². The van der Waals surface area contributed by atoms with Gasteiger partial charge >= 0.3 is 6.03 Å². The van der Waals surface area contributed by atoms with Gasteiger partial charge in [-0.15, -0.1) is 11.3 Å². The van der Waals surface area contributed by atoms with E-state index in [0.717, 1.165) is 29.1 Å². The molecule has 1 heterocycles. The van der Waals surface area contributed by atoms with E-state index in [0.29, 0.717) is 5.75 Å². The highest BCUT2D eigenvalue weighted by atomic mass is 32.1. The van der Waals surface area contributed by atoms with Crippen molar-refractivity contribution in [1.29, 1.82) is 0 Å². The number of urea groups is 1. The Morgan fingerprint density at radius 3 is 2.50 bits per heavy atom. The van der Waals surface area contributed by atoms with Gasteiger partial charge in [-0.25, -0.2) is 9.78 Å². The van der Waals surface area contributed by atoms with Crippen LogP contribution < -0.4 is 15.4 Å². The highest BCUT2D eigenvalue weighted by Crippen LogP contribution is 2.30. The van der Waals surface area contributed by atoms with Crippen LogP contribution in [0.2, 0.25) is 0 Å². The SMILES string of the molecule is CC(C)(C)c1csc(-c2ccc(OCC(=O)NC(=O)NC3CC3)cc2)n1. The highest BCUT2D eigenvalue weighted by Gasteiger charge is 2.24. The van der Waals surface area contributed by atoms with E-state index in [1.165, 1.54) is 0 Å². The van der Waals surface area contributed by atoms with Crippen LogP contribution in [0.15, 0.2) is 29.6 Å². The number of thiazole rings is 1. The zero-order valence-corrected chi connectivity index (χ0v) is 16.0. The van der Waals surface area contributed by atoms with Crippen LogP contribution in [0.5, 0.6) is 5.75 Å². The summed E-state index contributed by atoms with van der Waals surface area (Å²) in [5.74, 6) is 0.0982. The van der Waals surface area contributed by atoms with E-state index in [1.54, 1.807) is 23.5 Å². The second-order valence-electron chi connectivity index (χ2n) is 7.40. The van der Waals surface area contributed by atoms with Crippen LogP contribution in [0, 0.1) is 0 Å². The molecule has 1 aliphatic carbocycles. The molecule has 1 aromatic carbocycles. The van der Waals surface area contributed by atoms with E-state index in [2.05, 4.69) is 41.8 Å². The normalized spacial score (nSPS) is 14.0. The molecule has 0 radical (unpaired) electrons. The Hall–Kier alpha value is -2.41. The van der Waals surface area contributed by atoms with Gasteiger partial charge in [-0.3, -0.25) is 10.1 Å². The fourth-order valence-corrected chi connectivity index (χ4v) is 3.26. The Morgan fingerprint density at radius 1 is 1.23 bits per heavy atom. The first-order chi connectivity index (χ1) is 12.3. The summed E-state index contributed by atoms with van der Waals surface area (Å²) in [7, 11) is 0. The van der Waals surface area contributed by atoms with Gasteiger partial charge < -0.3 is 10.1 Å². The predicted molar refractivity (Wildman–Crippen MR) is 101 cm³/mol. The fraction of sp³-hybridized carbons (Fsp3) is 0.421. The van der Waals surface area contributed by atoms with Gasteiger partial charge in [0.15, 0.2) is 6.61 Å². The summed E-state index contributed by atoms with van der Waals surface area (Å²) >= 11 is 1.61. The molecule has 2 N–H and O–H groups in total. The lowest BCUT2D eigenvalue weighted by Gasteiger charge is -2.14. The summed E-state index contributed by atoms with van der Waals surface area (Å²) in [6.07, 6.45) is 1.95. The molecular formula is C19H23N3O3S. The molecule has 1 saturated carbocycles. The van der Waals surface area contributed by atoms with Crippen molar-refractivity contribution in [3.63, 3.8) is 0 Å². The largest absolute Gasteiger partial charge is 0.484 e. The lowest BCUT2D eigenvalue weighted by molar-refractivity contribution is -0.122. The van der Waals surface area contributed by atoms with Crippen molar-refractivity contribution in [2.75, 3.05) is 6.61 Å². The minimum absolute atomic E-state index is 0.0248. The lowest BCUT2D eigenvalue weighted by atomic mass is 9.93. The topological polar surface area (TPSA) is 80.3 Å². The van der Waals surface area contributed by atoms with Gasteiger partial charge in [0.05, 0.1) is 5.69 Å². The quantitative estimate of drug-likeness (QED) is 0.841. The molecule has 1 fully saturated rings. The number of hydrogen-bond donors (Lipinski definition) is 2. The molecule has 0 bridgehead atoms. The zero-order chi connectivity index (χ0) is 18.7. The Bertz CT molecular complexity index is 789. The molecule has 0 saturated heterocycles. The maximum absolute atomic E-state index is 11.7. The van der Waals surface area contributed by atoms with Gasteiger partial charge in [0.1, 0.15) is 10.8 Å². The Balaban J connectivity index is 1.51. The molecule has 0 spiro atoms. The van der Waals surface area contributed by atoms with Gasteiger partial charge in [0, 0.05) is 22.4 Å². The average molecular weight is 373 g/mol. The van der Waals surface area contributed by atoms with Gasteiger partial charge in [-0.05, 0) is 37.1 Å². The van der Waals surface area contributed by atoms with Crippen molar-refractivity contribution in [3.8, 4) is 16.3 Å². The average Bonchev–Trinajstić information content (AvgIpc) is 3.23. The third kappa shape index (κ3) is 5.05. The van der Waals surface area contributed by atoms with Crippen LogP contribution in [0.4, 0.5) is 4.79 Å². The minimum Gasteiger partial charge on any atom is -0.484 e. The van der Waals surface area contributed by atoms with Crippen molar-refractivity contribution < 1.29 is 14.3 Å². The van der Waals surface area contributed by atoms with Crippen molar-refractivity contribution in [3.05, 3.63) is 35.3 Å². The van der Waals surface area contributed by atoms with Gasteiger partial charge in [-0.1, -0.05) is 20.8 Å². The standard InChI is InChI=1S/C19H23N3O3S/c1-19(2,3)15-11-26-17(21-15)12-4-8-14(9-5-12)25-10-16(23)22-18(24)20-13-6-7-13/h4-5,8-9,11,13H,6-7,10H2,1-3H3,(H2,20,22,23,24). The number of hydrogen-bond acceptors (Lipinski definition) is 5. The van der Waals surface area contributed by atoms with Crippen molar-refractivity contribution in [2.24, 2.45) is 0 Å². The number of rotatable bonds is 5.